The van der Waals surface area contributed by atoms with E-state index in [1.807, 2.05) is 55.5 Å². The van der Waals surface area contributed by atoms with Crippen LogP contribution in [0, 0.1) is 0 Å². The number of nitrogens with one attached hydrogen (secondary N) is 1. The van der Waals surface area contributed by atoms with Gasteiger partial charge in [-0.1, -0.05) is 36.4 Å². The third-order valence-electron chi connectivity index (χ3n) is 3.37. The van der Waals surface area contributed by atoms with Gasteiger partial charge in [0.2, 0.25) is 0 Å². The van der Waals surface area contributed by atoms with Crippen molar-refractivity contribution in [3.8, 4) is 11.3 Å². The van der Waals surface area contributed by atoms with Gasteiger partial charge >= 0.3 is 0 Å². The lowest BCUT2D eigenvalue weighted by Gasteiger charge is -2.07. The van der Waals surface area contributed by atoms with Crippen LogP contribution < -0.4 is 5.56 Å². The second kappa shape index (κ2) is 5.89. The first-order valence-corrected chi connectivity index (χ1v) is 6.94. The number of hydrogen-bond acceptors (Lipinski definition) is 3. The van der Waals surface area contributed by atoms with E-state index in [0.29, 0.717) is 18.6 Å². The SMILES string of the molecule is CCOCc1cccc(-c2n[nH]c(=O)c3ccccc23)c1. The van der Waals surface area contributed by atoms with Crippen LogP contribution in [0.25, 0.3) is 22.0 Å². The third kappa shape index (κ3) is 2.71. The van der Waals surface area contributed by atoms with Gasteiger partial charge in [-0.2, -0.15) is 5.10 Å². The molecule has 3 aromatic rings. The van der Waals surface area contributed by atoms with Crippen molar-refractivity contribution in [3.63, 3.8) is 0 Å². The third-order valence-corrected chi connectivity index (χ3v) is 3.37. The van der Waals surface area contributed by atoms with Gasteiger partial charge in [0.1, 0.15) is 0 Å². The molecular formula is C17H16N2O2. The first-order chi connectivity index (χ1) is 10.3. The molecule has 1 N–H and O–H groups in total. The summed E-state index contributed by atoms with van der Waals surface area (Å²) in [7, 11) is 0. The van der Waals surface area contributed by atoms with Crippen LogP contribution in [0.15, 0.2) is 53.3 Å². The maximum absolute atomic E-state index is 11.8. The molecule has 0 unspecified atom stereocenters. The molecule has 4 nitrogen and oxygen atoms in total. The van der Waals surface area contributed by atoms with Gasteiger partial charge in [0.05, 0.1) is 17.7 Å². The second-order valence-corrected chi connectivity index (χ2v) is 4.78. The van der Waals surface area contributed by atoms with Crippen molar-refractivity contribution in [1.82, 2.24) is 10.2 Å². The summed E-state index contributed by atoms with van der Waals surface area (Å²) in [5.41, 5.74) is 2.68. The van der Waals surface area contributed by atoms with Gasteiger partial charge < -0.3 is 4.74 Å². The van der Waals surface area contributed by atoms with E-state index in [0.717, 1.165) is 22.2 Å². The zero-order valence-corrected chi connectivity index (χ0v) is 11.8. The summed E-state index contributed by atoms with van der Waals surface area (Å²) in [6.45, 7) is 3.23. The zero-order valence-electron chi connectivity index (χ0n) is 11.8. The maximum Gasteiger partial charge on any atom is 0.272 e. The molecule has 0 aliphatic carbocycles. The molecule has 0 bridgehead atoms. The summed E-state index contributed by atoms with van der Waals surface area (Å²) in [5.74, 6) is 0. The minimum atomic E-state index is -0.167. The first kappa shape index (κ1) is 13.5. The molecule has 0 amide bonds. The van der Waals surface area contributed by atoms with Gasteiger partial charge in [-0.05, 0) is 24.6 Å². The molecule has 1 heterocycles. The number of hydrogen-bond donors (Lipinski definition) is 1. The van der Waals surface area contributed by atoms with E-state index >= 15 is 0 Å². The molecule has 0 aliphatic heterocycles. The molecule has 3 rings (SSSR count). The van der Waals surface area contributed by atoms with Crippen molar-refractivity contribution in [2.75, 3.05) is 6.61 Å². The van der Waals surface area contributed by atoms with Crippen molar-refractivity contribution >= 4 is 10.8 Å². The minimum Gasteiger partial charge on any atom is -0.377 e. The van der Waals surface area contributed by atoms with Gasteiger partial charge in [-0.15, -0.1) is 0 Å². The number of H-pyrrole nitrogens is 1. The van der Waals surface area contributed by atoms with Crippen molar-refractivity contribution in [2.45, 2.75) is 13.5 Å². The molecule has 0 saturated carbocycles. The predicted octanol–water partition coefficient (Wildman–Crippen LogP) is 3.13. The van der Waals surface area contributed by atoms with Crippen LogP contribution in [-0.4, -0.2) is 16.8 Å². The lowest BCUT2D eigenvalue weighted by molar-refractivity contribution is 0.134. The maximum atomic E-state index is 11.8. The summed E-state index contributed by atoms with van der Waals surface area (Å²) in [5, 5.41) is 8.29. The Labute approximate surface area is 122 Å². The fraction of sp³-hybridized carbons (Fsp3) is 0.176. The smallest absolute Gasteiger partial charge is 0.272 e. The van der Waals surface area contributed by atoms with E-state index < -0.39 is 0 Å². The Kier molecular flexibility index (Phi) is 3.79. The Hall–Kier alpha value is -2.46. The molecule has 1 aromatic heterocycles. The summed E-state index contributed by atoms with van der Waals surface area (Å²) in [6.07, 6.45) is 0. The monoisotopic (exact) mass is 280 g/mol. The molecule has 4 heteroatoms. The Bertz CT molecular complexity index is 824. The van der Waals surface area contributed by atoms with E-state index in [2.05, 4.69) is 10.2 Å². The van der Waals surface area contributed by atoms with Crippen molar-refractivity contribution in [2.24, 2.45) is 0 Å². The highest BCUT2D eigenvalue weighted by Crippen LogP contribution is 2.24. The van der Waals surface area contributed by atoms with Crippen LogP contribution in [0.1, 0.15) is 12.5 Å². The lowest BCUT2D eigenvalue weighted by Crippen LogP contribution is -2.09. The molecule has 0 spiro atoms. The molecule has 0 aliphatic rings. The van der Waals surface area contributed by atoms with E-state index in [9.17, 15) is 4.79 Å². The van der Waals surface area contributed by atoms with E-state index in [4.69, 9.17) is 4.74 Å². The van der Waals surface area contributed by atoms with Crippen LogP contribution in [0.5, 0.6) is 0 Å². The Morgan fingerprint density at radius 1 is 1.10 bits per heavy atom. The Morgan fingerprint density at radius 3 is 2.71 bits per heavy atom. The van der Waals surface area contributed by atoms with Crippen LogP contribution >= 0.6 is 0 Å². The average Bonchev–Trinajstić information content (AvgIpc) is 2.54. The second-order valence-electron chi connectivity index (χ2n) is 4.78. The summed E-state index contributed by atoms with van der Waals surface area (Å²) in [6, 6.07) is 15.5. The predicted molar refractivity (Wildman–Crippen MR) is 83.1 cm³/mol. The molecule has 106 valence electrons. The minimum absolute atomic E-state index is 0.167. The highest BCUT2D eigenvalue weighted by Gasteiger charge is 2.08. The van der Waals surface area contributed by atoms with Crippen LogP contribution in [-0.2, 0) is 11.3 Å². The van der Waals surface area contributed by atoms with Gasteiger partial charge in [0.25, 0.3) is 5.56 Å². The largest absolute Gasteiger partial charge is 0.377 e. The van der Waals surface area contributed by atoms with Gasteiger partial charge in [-0.3, -0.25) is 4.79 Å². The van der Waals surface area contributed by atoms with E-state index in [-0.39, 0.29) is 5.56 Å². The first-order valence-electron chi connectivity index (χ1n) is 6.94. The quantitative estimate of drug-likeness (QED) is 0.798. The van der Waals surface area contributed by atoms with Gasteiger partial charge in [0.15, 0.2) is 0 Å². The van der Waals surface area contributed by atoms with Crippen LogP contribution in [0.3, 0.4) is 0 Å². The van der Waals surface area contributed by atoms with Crippen molar-refractivity contribution in [3.05, 3.63) is 64.4 Å². The Balaban J connectivity index is 2.12. The van der Waals surface area contributed by atoms with Gasteiger partial charge in [-0.25, -0.2) is 5.10 Å². The highest BCUT2D eigenvalue weighted by atomic mass is 16.5. The summed E-state index contributed by atoms with van der Waals surface area (Å²) in [4.78, 5) is 11.8. The van der Waals surface area contributed by atoms with Crippen LogP contribution in [0.4, 0.5) is 0 Å². The fourth-order valence-corrected chi connectivity index (χ4v) is 2.36. The molecular weight excluding hydrogens is 264 g/mol. The number of fused-ring (bicyclic) bond motifs is 1. The topological polar surface area (TPSA) is 55.0 Å². The zero-order chi connectivity index (χ0) is 14.7. The normalized spacial score (nSPS) is 10.9. The molecule has 0 saturated heterocycles. The number of benzene rings is 2. The summed E-state index contributed by atoms with van der Waals surface area (Å²) < 4.78 is 5.44. The van der Waals surface area contributed by atoms with Crippen LogP contribution in [0.2, 0.25) is 0 Å². The van der Waals surface area contributed by atoms with Gasteiger partial charge in [0, 0.05) is 17.6 Å². The van der Waals surface area contributed by atoms with E-state index in [1.165, 1.54) is 0 Å². The fourth-order valence-electron chi connectivity index (χ4n) is 2.36. The van der Waals surface area contributed by atoms with Crippen molar-refractivity contribution in [1.29, 1.82) is 0 Å². The molecule has 0 atom stereocenters. The standard InChI is InChI=1S/C17H16N2O2/c1-2-21-11-12-6-5-7-13(10-12)16-14-8-3-4-9-15(14)17(20)19-18-16/h3-10H,2,11H2,1H3,(H,19,20). The molecule has 0 radical (unpaired) electrons. The lowest BCUT2D eigenvalue weighted by atomic mass is 10.0. The Morgan fingerprint density at radius 2 is 1.90 bits per heavy atom. The number of aromatic nitrogens is 2. The number of rotatable bonds is 4. The number of nitrogens with zero attached hydrogens (tertiary/aromatic N) is 1. The average molecular weight is 280 g/mol. The summed E-state index contributed by atoms with van der Waals surface area (Å²) >= 11 is 0. The van der Waals surface area contributed by atoms with E-state index in [1.54, 1.807) is 0 Å². The number of aromatic amines is 1. The molecule has 0 fully saturated rings. The molecule has 21 heavy (non-hydrogen) atoms. The number of ether oxygens (including phenoxy) is 1. The highest BCUT2D eigenvalue weighted by molar-refractivity contribution is 5.93. The molecule has 2 aromatic carbocycles. The van der Waals surface area contributed by atoms with Crippen molar-refractivity contribution < 1.29 is 4.74 Å².